The van der Waals surface area contributed by atoms with E-state index in [1.807, 2.05) is 6.07 Å². The summed E-state index contributed by atoms with van der Waals surface area (Å²) in [5, 5.41) is 2.52. The van der Waals surface area contributed by atoms with E-state index in [0.717, 1.165) is 37.1 Å². The lowest BCUT2D eigenvalue weighted by Crippen LogP contribution is -2.50. The van der Waals surface area contributed by atoms with Crippen LogP contribution in [0.1, 0.15) is 4.88 Å². The van der Waals surface area contributed by atoms with Crippen molar-refractivity contribution in [2.24, 2.45) is 0 Å². The van der Waals surface area contributed by atoms with Crippen molar-refractivity contribution < 1.29 is 9.59 Å². The first-order valence-corrected chi connectivity index (χ1v) is 8.81. The Morgan fingerprint density at radius 2 is 1.91 bits per heavy atom. The highest BCUT2D eigenvalue weighted by molar-refractivity contribution is 7.16. The molecule has 1 saturated heterocycles. The number of carbonyl (C=O) groups excluding carboxylic acids is 2. The Bertz CT molecular complexity index is 543. The molecular weight excluding hydrogens is 336 g/mol. The molecular formula is C15H23ClN4O2S. The lowest BCUT2D eigenvalue weighted by molar-refractivity contribution is -0.135. The van der Waals surface area contributed by atoms with Gasteiger partial charge in [-0.05, 0) is 12.1 Å². The molecule has 2 amide bonds. The minimum absolute atomic E-state index is 0.0212. The van der Waals surface area contributed by atoms with E-state index < -0.39 is 0 Å². The SMILES string of the molecule is CNC(=O)CN(C)C(=O)CN1CCN(Cc2ccc(Cl)s2)CC1. The zero-order chi connectivity index (χ0) is 16.8. The number of hydrogen-bond acceptors (Lipinski definition) is 5. The molecule has 0 radical (unpaired) electrons. The van der Waals surface area contributed by atoms with Gasteiger partial charge >= 0.3 is 0 Å². The summed E-state index contributed by atoms with van der Waals surface area (Å²) < 4.78 is 0.823. The van der Waals surface area contributed by atoms with Gasteiger partial charge in [0, 0.05) is 51.7 Å². The number of amides is 2. The first-order valence-electron chi connectivity index (χ1n) is 7.61. The Labute approximate surface area is 146 Å². The van der Waals surface area contributed by atoms with Gasteiger partial charge in [-0.25, -0.2) is 0 Å². The number of thiophene rings is 1. The molecule has 1 N–H and O–H groups in total. The Balaban J connectivity index is 1.71. The molecule has 1 aliphatic heterocycles. The Morgan fingerprint density at radius 1 is 1.26 bits per heavy atom. The Kier molecular flexibility index (Phi) is 6.83. The van der Waals surface area contributed by atoms with Crippen LogP contribution in [0.5, 0.6) is 0 Å². The van der Waals surface area contributed by atoms with Crippen molar-refractivity contribution in [1.29, 1.82) is 0 Å². The van der Waals surface area contributed by atoms with Gasteiger partial charge in [0.2, 0.25) is 11.8 Å². The quantitative estimate of drug-likeness (QED) is 0.814. The van der Waals surface area contributed by atoms with Gasteiger partial charge in [0.15, 0.2) is 0 Å². The maximum absolute atomic E-state index is 12.1. The van der Waals surface area contributed by atoms with Gasteiger partial charge in [-0.15, -0.1) is 11.3 Å². The zero-order valence-corrected chi connectivity index (χ0v) is 15.1. The summed E-state index contributed by atoms with van der Waals surface area (Å²) in [5.74, 6) is -0.174. The smallest absolute Gasteiger partial charge is 0.239 e. The molecule has 0 aliphatic carbocycles. The van der Waals surface area contributed by atoms with E-state index in [1.165, 1.54) is 9.78 Å². The second-order valence-electron chi connectivity index (χ2n) is 5.68. The highest BCUT2D eigenvalue weighted by Crippen LogP contribution is 2.23. The normalized spacial score (nSPS) is 16.3. The van der Waals surface area contributed by atoms with Gasteiger partial charge in [-0.3, -0.25) is 19.4 Å². The fourth-order valence-electron chi connectivity index (χ4n) is 2.46. The average Bonchev–Trinajstić information content (AvgIpc) is 2.94. The predicted octanol–water partition coefficient (Wildman–Crippen LogP) is 0.724. The van der Waals surface area contributed by atoms with Crippen LogP contribution in [0, 0.1) is 0 Å². The molecule has 128 valence electrons. The number of likely N-dealkylation sites (N-methyl/N-ethyl adjacent to an activating group) is 2. The topological polar surface area (TPSA) is 55.9 Å². The maximum atomic E-state index is 12.1. The molecule has 0 atom stereocenters. The molecule has 0 aromatic carbocycles. The number of halogens is 1. The van der Waals surface area contributed by atoms with E-state index in [9.17, 15) is 9.59 Å². The summed E-state index contributed by atoms with van der Waals surface area (Å²) in [6.07, 6.45) is 0. The number of nitrogens with one attached hydrogen (secondary N) is 1. The van der Waals surface area contributed by atoms with Crippen LogP contribution in [0.2, 0.25) is 4.34 Å². The van der Waals surface area contributed by atoms with Crippen molar-refractivity contribution >= 4 is 34.8 Å². The molecule has 0 spiro atoms. The summed E-state index contributed by atoms with van der Waals surface area (Å²) in [7, 11) is 3.23. The number of piperazine rings is 1. The number of nitrogens with zero attached hydrogens (tertiary/aromatic N) is 3. The zero-order valence-electron chi connectivity index (χ0n) is 13.5. The molecule has 0 unspecified atom stereocenters. The maximum Gasteiger partial charge on any atom is 0.239 e. The number of rotatable bonds is 6. The number of carbonyl (C=O) groups is 2. The third-order valence-electron chi connectivity index (χ3n) is 3.92. The third-order valence-corrected chi connectivity index (χ3v) is 5.13. The van der Waals surface area contributed by atoms with Gasteiger partial charge in [0.1, 0.15) is 0 Å². The lowest BCUT2D eigenvalue weighted by atomic mass is 10.3. The van der Waals surface area contributed by atoms with E-state index in [-0.39, 0.29) is 18.4 Å². The predicted molar refractivity (Wildman–Crippen MR) is 92.7 cm³/mol. The van der Waals surface area contributed by atoms with Crippen molar-refractivity contribution in [3.8, 4) is 0 Å². The van der Waals surface area contributed by atoms with E-state index in [4.69, 9.17) is 11.6 Å². The average molecular weight is 359 g/mol. The van der Waals surface area contributed by atoms with Crippen LogP contribution in [0.3, 0.4) is 0 Å². The highest BCUT2D eigenvalue weighted by atomic mass is 35.5. The van der Waals surface area contributed by atoms with Gasteiger partial charge in [-0.1, -0.05) is 11.6 Å². The van der Waals surface area contributed by atoms with Crippen molar-refractivity contribution in [2.75, 3.05) is 53.4 Å². The second-order valence-corrected chi connectivity index (χ2v) is 7.48. The van der Waals surface area contributed by atoms with Crippen LogP contribution in [-0.4, -0.2) is 79.9 Å². The molecule has 23 heavy (non-hydrogen) atoms. The van der Waals surface area contributed by atoms with Crippen LogP contribution in [0.25, 0.3) is 0 Å². The van der Waals surface area contributed by atoms with E-state index in [2.05, 4.69) is 21.2 Å². The molecule has 1 aromatic heterocycles. The minimum atomic E-state index is -0.153. The van der Waals surface area contributed by atoms with Crippen LogP contribution >= 0.6 is 22.9 Å². The van der Waals surface area contributed by atoms with Crippen molar-refractivity contribution in [1.82, 2.24) is 20.0 Å². The van der Waals surface area contributed by atoms with Gasteiger partial charge in [0.25, 0.3) is 0 Å². The van der Waals surface area contributed by atoms with E-state index in [1.54, 1.807) is 25.4 Å². The first-order chi connectivity index (χ1) is 11.0. The van der Waals surface area contributed by atoms with Crippen LogP contribution in [0.4, 0.5) is 0 Å². The summed E-state index contributed by atoms with van der Waals surface area (Å²) in [6, 6.07) is 4.00. The highest BCUT2D eigenvalue weighted by Gasteiger charge is 2.21. The standard InChI is InChI=1S/C15H23ClN4O2S/c1-17-14(21)10-18(2)15(22)11-20-7-5-19(6-8-20)9-12-3-4-13(16)23-12/h3-4H,5-11H2,1-2H3,(H,17,21). The third kappa shape index (κ3) is 5.76. The van der Waals surface area contributed by atoms with Gasteiger partial charge in [-0.2, -0.15) is 0 Å². The van der Waals surface area contributed by atoms with E-state index >= 15 is 0 Å². The fourth-order valence-corrected chi connectivity index (χ4v) is 3.59. The summed E-state index contributed by atoms with van der Waals surface area (Å²) in [6.45, 7) is 4.97. The molecule has 8 heteroatoms. The summed E-state index contributed by atoms with van der Waals surface area (Å²) in [4.78, 5) is 30.7. The van der Waals surface area contributed by atoms with Gasteiger partial charge in [0.05, 0.1) is 17.4 Å². The largest absolute Gasteiger partial charge is 0.358 e. The summed E-state index contributed by atoms with van der Waals surface area (Å²) >= 11 is 7.57. The molecule has 0 saturated carbocycles. The van der Waals surface area contributed by atoms with Crippen molar-refractivity contribution in [3.05, 3.63) is 21.3 Å². The molecule has 2 rings (SSSR count). The molecule has 1 fully saturated rings. The second kappa shape index (κ2) is 8.63. The van der Waals surface area contributed by atoms with Crippen LogP contribution in [0.15, 0.2) is 12.1 Å². The van der Waals surface area contributed by atoms with Crippen molar-refractivity contribution in [2.45, 2.75) is 6.54 Å². The lowest BCUT2D eigenvalue weighted by Gasteiger charge is -2.34. The molecule has 1 aromatic rings. The minimum Gasteiger partial charge on any atom is -0.358 e. The Hall–Kier alpha value is -1.15. The monoisotopic (exact) mass is 358 g/mol. The molecule has 0 bridgehead atoms. The molecule has 6 nitrogen and oxygen atoms in total. The molecule has 1 aliphatic rings. The Morgan fingerprint density at radius 3 is 2.48 bits per heavy atom. The molecule has 2 heterocycles. The van der Waals surface area contributed by atoms with E-state index in [0.29, 0.717) is 6.54 Å². The fraction of sp³-hybridized carbons (Fsp3) is 0.600. The van der Waals surface area contributed by atoms with Gasteiger partial charge < -0.3 is 10.2 Å². The van der Waals surface area contributed by atoms with Crippen LogP contribution in [-0.2, 0) is 16.1 Å². The summed E-state index contributed by atoms with van der Waals surface area (Å²) in [5.41, 5.74) is 0. The van der Waals surface area contributed by atoms with Crippen LogP contribution < -0.4 is 5.32 Å². The van der Waals surface area contributed by atoms with Crippen molar-refractivity contribution in [3.63, 3.8) is 0 Å². The first kappa shape index (κ1) is 18.2. The number of hydrogen-bond donors (Lipinski definition) is 1.